The standard InChI is InChI=1S/C23H24O/c24-18-8-7-13-22-19-23(22,16-14-20-9-3-1-4-10-20)17-15-21-11-5-2-6-12-21/h1-6,9-12,14-18,22H,7-8,13,19H2/b16-14+,17-15+/t22-/m0/s1. The maximum Gasteiger partial charge on any atom is 0.119 e. The van der Waals surface area contributed by atoms with Crippen LogP contribution < -0.4 is 0 Å². The third-order valence-electron chi connectivity index (χ3n) is 4.85. The van der Waals surface area contributed by atoms with E-state index in [1.165, 1.54) is 17.5 Å². The van der Waals surface area contributed by atoms with Crippen molar-refractivity contribution in [1.82, 2.24) is 0 Å². The Morgan fingerprint density at radius 3 is 1.92 bits per heavy atom. The molecular weight excluding hydrogens is 292 g/mol. The van der Waals surface area contributed by atoms with Gasteiger partial charge in [-0.15, -0.1) is 0 Å². The summed E-state index contributed by atoms with van der Waals surface area (Å²) in [5, 5.41) is 0. The van der Waals surface area contributed by atoms with E-state index in [4.69, 9.17) is 0 Å². The molecule has 3 rings (SSSR count). The highest BCUT2D eigenvalue weighted by atomic mass is 16.1. The molecule has 0 aliphatic heterocycles. The van der Waals surface area contributed by atoms with Crippen molar-refractivity contribution in [2.45, 2.75) is 25.7 Å². The molecule has 122 valence electrons. The predicted octanol–water partition coefficient (Wildman–Crippen LogP) is 5.79. The molecule has 0 unspecified atom stereocenters. The Labute approximate surface area is 144 Å². The second kappa shape index (κ2) is 7.92. The minimum absolute atomic E-state index is 0.147. The SMILES string of the molecule is O=CCCC[C@H]1CC1(/C=C/c1ccccc1)/C=C/c1ccccc1. The summed E-state index contributed by atoms with van der Waals surface area (Å²) in [5.74, 6) is 0.650. The molecule has 24 heavy (non-hydrogen) atoms. The van der Waals surface area contributed by atoms with Gasteiger partial charge < -0.3 is 4.79 Å². The van der Waals surface area contributed by atoms with Crippen LogP contribution in [0.25, 0.3) is 12.2 Å². The number of rotatable bonds is 8. The molecule has 0 radical (unpaired) electrons. The number of carbonyl (C=O) groups is 1. The summed E-state index contributed by atoms with van der Waals surface area (Å²) in [6.07, 6.45) is 14.2. The monoisotopic (exact) mass is 316 g/mol. The van der Waals surface area contributed by atoms with Crippen molar-refractivity contribution in [1.29, 1.82) is 0 Å². The molecule has 1 heteroatoms. The summed E-state index contributed by atoms with van der Waals surface area (Å²) in [5.41, 5.74) is 2.63. The maximum absolute atomic E-state index is 10.6. The molecular formula is C23H24O. The molecule has 2 aromatic rings. The van der Waals surface area contributed by atoms with Crippen LogP contribution in [0.5, 0.6) is 0 Å². The molecule has 1 aliphatic rings. The maximum atomic E-state index is 10.6. The smallest absolute Gasteiger partial charge is 0.119 e. The lowest BCUT2D eigenvalue weighted by Gasteiger charge is -2.08. The molecule has 0 spiro atoms. The fourth-order valence-electron chi connectivity index (χ4n) is 3.28. The van der Waals surface area contributed by atoms with Gasteiger partial charge >= 0.3 is 0 Å². The van der Waals surface area contributed by atoms with E-state index in [1.807, 2.05) is 12.1 Å². The van der Waals surface area contributed by atoms with Crippen LogP contribution in [-0.4, -0.2) is 6.29 Å². The summed E-state index contributed by atoms with van der Waals surface area (Å²) in [7, 11) is 0. The molecule has 0 N–H and O–H groups in total. The average molecular weight is 316 g/mol. The Hall–Kier alpha value is -2.41. The first-order valence-corrected chi connectivity index (χ1v) is 8.75. The Morgan fingerprint density at radius 2 is 1.42 bits per heavy atom. The molecule has 2 aromatic carbocycles. The zero-order valence-electron chi connectivity index (χ0n) is 14.0. The lowest BCUT2D eigenvalue weighted by atomic mass is 9.97. The molecule has 0 aromatic heterocycles. The summed E-state index contributed by atoms with van der Waals surface area (Å²) in [6.45, 7) is 0. The largest absolute Gasteiger partial charge is 0.303 e. The number of allylic oxidation sites excluding steroid dienone is 2. The Bertz CT molecular complexity index is 648. The van der Waals surface area contributed by atoms with Crippen molar-refractivity contribution < 1.29 is 4.79 Å². The second-order valence-electron chi connectivity index (χ2n) is 6.60. The highest BCUT2D eigenvalue weighted by Crippen LogP contribution is 2.58. The zero-order valence-corrected chi connectivity index (χ0v) is 14.0. The summed E-state index contributed by atoms with van der Waals surface area (Å²) in [6, 6.07) is 20.9. The molecule has 0 bridgehead atoms. The number of benzene rings is 2. The third kappa shape index (κ3) is 4.32. The van der Waals surface area contributed by atoms with Crippen LogP contribution in [0.2, 0.25) is 0 Å². The van der Waals surface area contributed by atoms with Crippen LogP contribution in [0.3, 0.4) is 0 Å². The molecule has 1 nitrogen and oxygen atoms in total. The molecule has 0 saturated heterocycles. The summed E-state index contributed by atoms with van der Waals surface area (Å²) < 4.78 is 0. The first-order chi connectivity index (χ1) is 11.8. The molecule has 0 heterocycles. The van der Waals surface area contributed by atoms with Crippen LogP contribution in [0.1, 0.15) is 36.8 Å². The predicted molar refractivity (Wildman–Crippen MR) is 101 cm³/mol. The molecule has 1 fully saturated rings. The van der Waals surface area contributed by atoms with E-state index in [0.717, 1.165) is 19.1 Å². The molecule has 1 aliphatic carbocycles. The summed E-state index contributed by atoms with van der Waals surface area (Å²) in [4.78, 5) is 10.6. The Balaban J connectivity index is 1.74. The first-order valence-electron chi connectivity index (χ1n) is 8.75. The van der Waals surface area contributed by atoms with Crippen molar-refractivity contribution in [2.75, 3.05) is 0 Å². The van der Waals surface area contributed by atoms with Crippen LogP contribution in [0.4, 0.5) is 0 Å². The molecule has 1 atom stereocenters. The first kappa shape index (κ1) is 16.4. The van der Waals surface area contributed by atoms with Crippen LogP contribution in [-0.2, 0) is 4.79 Å². The van der Waals surface area contributed by atoms with Gasteiger partial charge in [-0.2, -0.15) is 0 Å². The topological polar surface area (TPSA) is 17.1 Å². The number of hydrogen-bond acceptors (Lipinski definition) is 1. The summed E-state index contributed by atoms with van der Waals surface area (Å²) >= 11 is 0. The highest BCUT2D eigenvalue weighted by Gasteiger charge is 2.49. The second-order valence-corrected chi connectivity index (χ2v) is 6.60. The highest BCUT2D eigenvalue weighted by molar-refractivity contribution is 5.56. The van der Waals surface area contributed by atoms with E-state index >= 15 is 0 Å². The van der Waals surface area contributed by atoms with Gasteiger partial charge in [-0.1, -0.05) is 85.0 Å². The van der Waals surface area contributed by atoms with Crippen molar-refractivity contribution in [3.8, 4) is 0 Å². The van der Waals surface area contributed by atoms with Crippen molar-refractivity contribution in [3.05, 3.63) is 83.9 Å². The number of carbonyl (C=O) groups excluding carboxylic acids is 1. The van der Waals surface area contributed by atoms with Gasteiger partial charge in [0.2, 0.25) is 0 Å². The third-order valence-corrected chi connectivity index (χ3v) is 4.85. The van der Waals surface area contributed by atoms with Crippen molar-refractivity contribution in [3.63, 3.8) is 0 Å². The van der Waals surface area contributed by atoms with Crippen molar-refractivity contribution >= 4 is 18.4 Å². The van der Waals surface area contributed by atoms with Gasteiger partial charge in [-0.3, -0.25) is 0 Å². The van der Waals surface area contributed by atoms with E-state index < -0.39 is 0 Å². The zero-order chi connectivity index (χ0) is 16.7. The van der Waals surface area contributed by atoms with E-state index in [1.54, 1.807) is 0 Å². The number of aldehydes is 1. The van der Waals surface area contributed by atoms with Gasteiger partial charge in [0.1, 0.15) is 6.29 Å². The number of unbranched alkanes of at least 4 members (excludes halogenated alkanes) is 1. The molecule has 1 saturated carbocycles. The minimum Gasteiger partial charge on any atom is -0.303 e. The Kier molecular flexibility index (Phi) is 5.43. The van der Waals surface area contributed by atoms with E-state index in [2.05, 4.69) is 72.8 Å². The van der Waals surface area contributed by atoms with E-state index in [-0.39, 0.29) is 5.41 Å². The molecule has 0 amide bonds. The van der Waals surface area contributed by atoms with E-state index in [0.29, 0.717) is 12.3 Å². The van der Waals surface area contributed by atoms with Gasteiger partial charge in [0.05, 0.1) is 0 Å². The quantitative estimate of drug-likeness (QED) is 0.445. The van der Waals surface area contributed by atoms with Crippen LogP contribution in [0.15, 0.2) is 72.8 Å². The fraction of sp³-hybridized carbons (Fsp3) is 0.261. The average Bonchev–Trinajstić information content (AvgIpc) is 3.34. The van der Waals surface area contributed by atoms with Gasteiger partial charge in [-0.05, 0) is 36.3 Å². The fourth-order valence-corrected chi connectivity index (χ4v) is 3.28. The van der Waals surface area contributed by atoms with Gasteiger partial charge in [-0.25, -0.2) is 0 Å². The van der Waals surface area contributed by atoms with Crippen molar-refractivity contribution in [2.24, 2.45) is 11.3 Å². The van der Waals surface area contributed by atoms with Gasteiger partial charge in [0, 0.05) is 11.8 Å². The Morgan fingerprint density at radius 1 is 0.875 bits per heavy atom. The number of hydrogen-bond donors (Lipinski definition) is 0. The lowest BCUT2D eigenvalue weighted by molar-refractivity contribution is -0.107. The van der Waals surface area contributed by atoms with Crippen LogP contribution in [0, 0.1) is 11.3 Å². The van der Waals surface area contributed by atoms with Gasteiger partial charge in [0.25, 0.3) is 0 Å². The lowest BCUT2D eigenvalue weighted by Crippen LogP contribution is -1.96. The minimum atomic E-state index is 0.147. The van der Waals surface area contributed by atoms with E-state index in [9.17, 15) is 4.79 Å². The van der Waals surface area contributed by atoms with Gasteiger partial charge in [0.15, 0.2) is 0 Å². The van der Waals surface area contributed by atoms with Crippen LogP contribution >= 0.6 is 0 Å². The normalized spacial score (nSPS) is 18.9.